The summed E-state index contributed by atoms with van der Waals surface area (Å²) in [5.41, 5.74) is 0. The van der Waals surface area contributed by atoms with Gasteiger partial charge in [0.25, 0.3) is 0 Å². The predicted molar refractivity (Wildman–Crippen MR) is 71.2 cm³/mol. The molecule has 2 fully saturated rings. The summed E-state index contributed by atoms with van der Waals surface area (Å²) < 4.78 is 0. The van der Waals surface area contributed by atoms with Gasteiger partial charge in [-0.25, -0.2) is 0 Å². The number of likely N-dealkylation sites (tertiary alicyclic amines) is 1. The van der Waals surface area contributed by atoms with Gasteiger partial charge in [-0.15, -0.1) is 11.6 Å². The Morgan fingerprint density at radius 2 is 1.88 bits per heavy atom. The second-order valence-corrected chi connectivity index (χ2v) is 5.96. The number of fused-ring (bicyclic) bond motifs is 1. The largest absolute Gasteiger partial charge is 0.342 e. The average Bonchev–Trinajstić information content (AvgIpc) is 2.38. The van der Waals surface area contributed by atoms with E-state index in [0.717, 1.165) is 37.8 Å². The Labute approximate surface area is 110 Å². The molecule has 0 radical (unpaired) electrons. The van der Waals surface area contributed by atoms with Crippen LogP contribution in [0.5, 0.6) is 0 Å². The molecule has 2 rings (SSSR count). The standard InChI is InChI=1S/C14H24ClNO/c15-9-4-3-7-14(17)16-10-8-12-5-1-2-6-13(12)11-16/h12-13H,1-11H2. The van der Waals surface area contributed by atoms with Crippen LogP contribution in [0, 0.1) is 11.8 Å². The van der Waals surface area contributed by atoms with Crippen LogP contribution in [0.1, 0.15) is 51.4 Å². The van der Waals surface area contributed by atoms with Crippen LogP contribution in [0.4, 0.5) is 0 Å². The first-order valence-corrected chi connectivity index (χ1v) is 7.68. The lowest BCUT2D eigenvalue weighted by molar-refractivity contribution is -0.134. The normalized spacial score (nSPS) is 28.9. The van der Waals surface area contributed by atoms with E-state index in [-0.39, 0.29) is 0 Å². The summed E-state index contributed by atoms with van der Waals surface area (Å²) in [7, 11) is 0. The van der Waals surface area contributed by atoms with Crippen LogP contribution in [0.15, 0.2) is 0 Å². The van der Waals surface area contributed by atoms with Gasteiger partial charge >= 0.3 is 0 Å². The van der Waals surface area contributed by atoms with Crippen molar-refractivity contribution >= 4 is 17.5 Å². The highest BCUT2D eigenvalue weighted by atomic mass is 35.5. The molecule has 0 aromatic heterocycles. The number of halogens is 1. The van der Waals surface area contributed by atoms with Crippen molar-refractivity contribution in [2.24, 2.45) is 11.8 Å². The molecule has 0 spiro atoms. The molecule has 0 bridgehead atoms. The monoisotopic (exact) mass is 257 g/mol. The number of rotatable bonds is 4. The first-order valence-electron chi connectivity index (χ1n) is 7.15. The zero-order chi connectivity index (χ0) is 12.1. The van der Waals surface area contributed by atoms with E-state index >= 15 is 0 Å². The van der Waals surface area contributed by atoms with E-state index < -0.39 is 0 Å². The zero-order valence-electron chi connectivity index (χ0n) is 10.7. The maximum atomic E-state index is 12.0. The van der Waals surface area contributed by atoms with Gasteiger partial charge in [-0.3, -0.25) is 4.79 Å². The van der Waals surface area contributed by atoms with Crippen molar-refractivity contribution in [3.63, 3.8) is 0 Å². The first-order chi connectivity index (χ1) is 8.31. The fourth-order valence-electron chi connectivity index (χ4n) is 3.36. The smallest absolute Gasteiger partial charge is 0.222 e. The first kappa shape index (κ1) is 13.2. The molecule has 17 heavy (non-hydrogen) atoms. The molecule has 1 saturated carbocycles. The fraction of sp³-hybridized carbons (Fsp3) is 0.929. The second kappa shape index (κ2) is 6.63. The molecule has 0 N–H and O–H groups in total. The summed E-state index contributed by atoms with van der Waals surface area (Å²) in [6.45, 7) is 2.03. The molecule has 2 atom stereocenters. The summed E-state index contributed by atoms with van der Waals surface area (Å²) in [5.74, 6) is 2.75. The molecule has 0 aromatic rings. The highest BCUT2D eigenvalue weighted by Gasteiger charge is 2.32. The number of hydrogen-bond acceptors (Lipinski definition) is 1. The molecule has 1 amide bonds. The van der Waals surface area contributed by atoms with Crippen molar-refractivity contribution in [1.29, 1.82) is 0 Å². The number of hydrogen-bond donors (Lipinski definition) is 0. The van der Waals surface area contributed by atoms with Gasteiger partial charge in [-0.05, 0) is 37.5 Å². The Morgan fingerprint density at radius 3 is 2.65 bits per heavy atom. The van der Waals surface area contributed by atoms with E-state index in [1.54, 1.807) is 0 Å². The van der Waals surface area contributed by atoms with Crippen molar-refractivity contribution in [2.75, 3.05) is 19.0 Å². The molecular weight excluding hydrogens is 234 g/mol. The van der Waals surface area contributed by atoms with Crippen LogP contribution in [0.2, 0.25) is 0 Å². The lowest BCUT2D eigenvalue weighted by Crippen LogP contribution is -2.44. The molecule has 2 aliphatic rings. The maximum Gasteiger partial charge on any atom is 0.222 e. The lowest BCUT2D eigenvalue weighted by atomic mass is 9.75. The predicted octanol–water partition coefficient (Wildman–Crippen LogP) is 3.43. The molecular formula is C14H24ClNO. The van der Waals surface area contributed by atoms with Crippen molar-refractivity contribution < 1.29 is 4.79 Å². The molecule has 2 nitrogen and oxygen atoms in total. The van der Waals surface area contributed by atoms with Crippen molar-refractivity contribution in [1.82, 2.24) is 4.90 Å². The minimum atomic E-state index is 0.360. The lowest BCUT2D eigenvalue weighted by Gasteiger charge is -2.41. The summed E-state index contributed by atoms with van der Waals surface area (Å²) in [5, 5.41) is 0. The molecule has 1 aliphatic carbocycles. The number of piperidine rings is 1. The Bertz CT molecular complexity index is 257. The number of alkyl halides is 1. The van der Waals surface area contributed by atoms with Crippen LogP contribution in [0.3, 0.4) is 0 Å². The van der Waals surface area contributed by atoms with E-state index in [9.17, 15) is 4.79 Å². The summed E-state index contributed by atoms with van der Waals surface area (Å²) >= 11 is 5.64. The average molecular weight is 258 g/mol. The highest BCUT2D eigenvalue weighted by Crippen LogP contribution is 2.36. The van der Waals surface area contributed by atoms with E-state index in [0.29, 0.717) is 18.2 Å². The van der Waals surface area contributed by atoms with Gasteiger partial charge in [0, 0.05) is 25.4 Å². The zero-order valence-corrected chi connectivity index (χ0v) is 11.4. The third-order valence-corrected chi connectivity index (χ3v) is 4.69. The highest BCUT2D eigenvalue weighted by molar-refractivity contribution is 6.17. The summed E-state index contributed by atoms with van der Waals surface area (Å²) in [6, 6.07) is 0. The summed E-state index contributed by atoms with van der Waals surface area (Å²) in [4.78, 5) is 14.1. The number of carbonyl (C=O) groups is 1. The molecule has 2 unspecified atom stereocenters. The number of nitrogens with zero attached hydrogens (tertiary/aromatic N) is 1. The molecule has 1 heterocycles. The van der Waals surface area contributed by atoms with E-state index in [4.69, 9.17) is 11.6 Å². The van der Waals surface area contributed by atoms with Crippen LogP contribution < -0.4 is 0 Å². The SMILES string of the molecule is O=C(CCCCCl)N1CCC2CCCCC2C1. The summed E-state index contributed by atoms with van der Waals surface area (Å²) in [6.07, 6.45) is 9.38. The van der Waals surface area contributed by atoms with Gasteiger partial charge in [-0.2, -0.15) is 0 Å². The van der Waals surface area contributed by atoms with Crippen LogP contribution in [0.25, 0.3) is 0 Å². The molecule has 1 aliphatic heterocycles. The third-order valence-electron chi connectivity index (χ3n) is 4.42. The Balaban J connectivity index is 1.76. The van der Waals surface area contributed by atoms with Crippen LogP contribution >= 0.6 is 11.6 Å². The second-order valence-electron chi connectivity index (χ2n) is 5.58. The van der Waals surface area contributed by atoms with Gasteiger partial charge in [0.05, 0.1) is 0 Å². The molecule has 0 aromatic carbocycles. The van der Waals surface area contributed by atoms with E-state index in [1.807, 2.05) is 0 Å². The van der Waals surface area contributed by atoms with E-state index in [2.05, 4.69) is 4.90 Å². The van der Waals surface area contributed by atoms with Gasteiger partial charge in [0.2, 0.25) is 5.91 Å². The Morgan fingerprint density at radius 1 is 1.12 bits per heavy atom. The molecule has 1 saturated heterocycles. The van der Waals surface area contributed by atoms with Gasteiger partial charge < -0.3 is 4.90 Å². The van der Waals surface area contributed by atoms with Crippen LogP contribution in [-0.4, -0.2) is 29.8 Å². The van der Waals surface area contributed by atoms with Gasteiger partial charge in [0.1, 0.15) is 0 Å². The van der Waals surface area contributed by atoms with Crippen molar-refractivity contribution in [2.45, 2.75) is 51.4 Å². The Kier molecular flexibility index (Phi) is 5.15. The number of carbonyl (C=O) groups excluding carboxylic acids is 1. The maximum absolute atomic E-state index is 12.0. The van der Waals surface area contributed by atoms with E-state index in [1.165, 1.54) is 32.1 Å². The number of unbranched alkanes of at least 4 members (excludes halogenated alkanes) is 1. The van der Waals surface area contributed by atoms with Crippen molar-refractivity contribution in [3.8, 4) is 0 Å². The van der Waals surface area contributed by atoms with Gasteiger partial charge in [0.15, 0.2) is 0 Å². The molecule has 98 valence electrons. The molecule has 3 heteroatoms. The quantitative estimate of drug-likeness (QED) is 0.558. The van der Waals surface area contributed by atoms with Crippen molar-refractivity contribution in [3.05, 3.63) is 0 Å². The minimum absolute atomic E-state index is 0.360. The Hall–Kier alpha value is -0.240. The van der Waals surface area contributed by atoms with Crippen LogP contribution in [-0.2, 0) is 4.79 Å². The fourth-order valence-corrected chi connectivity index (χ4v) is 3.55. The third kappa shape index (κ3) is 3.61. The number of amides is 1. The van der Waals surface area contributed by atoms with Gasteiger partial charge in [-0.1, -0.05) is 19.3 Å². The topological polar surface area (TPSA) is 20.3 Å². The minimum Gasteiger partial charge on any atom is -0.342 e.